The van der Waals surface area contributed by atoms with E-state index in [1.165, 1.54) is 0 Å². The van der Waals surface area contributed by atoms with Gasteiger partial charge in [0.15, 0.2) is 0 Å². The van der Waals surface area contributed by atoms with Crippen LogP contribution in [-0.4, -0.2) is 16.8 Å². The maximum atomic E-state index is 11.0. The van der Waals surface area contributed by atoms with Crippen molar-refractivity contribution < 1.29 is 9.90 Å². The molecule has 1 aromatic rings. The number of aliphatic carboxylic acids is 1. The topological polar surface area (TPSA) is 49.7 Å². The molecule has 1 aliphatic heterocycles. The van der Waals surface area contributed by atoms with Crippen LogP contribution in [0.3, 0.4) is 0 Å². The van der Waals surface area contributed by atoms with Gasteiger partial charge in [-0.05, 0) is 25.1 Å². The Bertz CT molecular complexity index is 518. The number of hydrogen-bond donors (Lipinski definition) is 1. The molecule has 0 amide bonds. The molecule has 0 spiro atoms. The fraction of sp³-hybridized carbons (Fsp3) is 0.167. The molecule has 1 N–H and O–H groups in total. The first kappa shape index (κ1) is 11.1. The van der Waals surface area contributed by atoms with Crippen molar-refractivity contribution in [2.45, 2.75) is 13.3 Å². The molecule has 16 heavy (non-hydrogen) atoms. The minimum Gasteiger partial charge on any atom is -0.478 e. The van der Waals surface area contributed by atoms with Crippen LogP contribution in [0.2, 0.25) is 0 Å². The monoisotopic (exact) mass is 279 g/mol. The zero-order valence-corrected chi connectivity index (χ0v) is 10.3. The Balaban J connectivity index is 2.60. The van der Waals surface area contributed by atoms with Crippen LogP contribution in [0.5, 0.6) is 0 Å². The van der Waals surface area contributed by atoms with E-state index in [9.17, 15) is 4.79 Å². The summed E-state index contributed by atoms with van der Waals surface area (Å²) < 4.78 is 0.940. The quantitative estimate of drug-likeness (QED) is 0.856. The lowest BCUT2D eigenvalue weighted by atomic mass is 10.1. The third-order valence-corrected chi connectivity index (χ3v) is 2.85. The number of carboxylic acid groups (broad SMARTS) is 1. The highest BCUT2D eigenvalue weighted by Gasteiger charge is 2.14. The third kappa shape index (κ3) is 2.22. The maximum Gasteiger partial charge on any atom is 0.331 e. The van der Waals surface area contributed by atoms with Crippen LogP contribution in [-0.2, 0) is 4.79 Å². The van der Waals surface area contributed by atoms with E-state index in [4.69, 9.17) is 5.11 Å². The van der Waals surface area contributed by atoms with Crippen LogP contribution in [0, 0.1) is 0 Å². The molecule has 1 aromatic carbocycles. The molecule has 3 nitrogen and oxygen atoms in total. The first-order valence-electron chi connectivity index (χ1n) is 4.84. The summed E-state index contributed by atoms with van der Waals surface area (Å²) in [5.41, 5.74) is 2.84. The normalized spacial score (nSPS) is 14.6. The Labute approximate surface area is 102 Å². The lowest BCUT2D eigenvalue weighted by Crippen LogP contribution is -2.03. The predicted octanol–water partition coefficient (Wildman–Crippen LogP) is 3.41. The molecule has 4 heteroatoms. The van der Waals surface area contributed by atoms with E-state index in [0.29, 0.717) is 12.0 Å². The smallest absolute Gasteiger partial charge is 0.331 e. The number of carbonyl (C=O) groups is 1. The third-order valence-electron chi connectivity index (χ3n) is 2.35. The van der Waals surface area contributed by atoms with Gasteiger partial charge >= 0.3 is 5.97 Å². The maximum absolute atomic E-state index is 11.0. The summed E-state index contributed by atoms with van der Waals surface area (Å²) in [6.07, 6.45) is 2.08. The fourth-order valence-electron chi connectivity index (χ4n) is 1.63. The lowest BCUT2D eigenvalue weighted by Gasteiger charge is -2.00. The molecule has 0 unspecified atom stereocenters. The van der Waals surface area contributed by atoms with Gasteiger partial charge in [0, 0.05) is 27.7 Å². The van der Waals surface area contributed by atoms with Gasteiger partial charge in [-0.3, -0.25) is 4.99 Å². The predicted molar refractivity (Wildman–Crippen MR) is 67.1 cm³/mol. The van der Waals surface area contributed by atoms with Gasteiger partial charge in [0.05, 0.1) is 5.69 Å². The summed E-state index contributed by atoms with van der Waals surface area (Å²) in [6.45, 7) is 1.84. The lowest BCUT2D eigenvalue weighted by molar-refractivity contribution is -0.132. The van der Waals surface area contributed by atoms with Crippen LogP contribution in [0.25, 0.3) is 6.08 Å². The first-order valence-corrected chi connectivity index (χ1v) is 5.63. The molecule has 1 aliphatic rings. The molecule has 0 aliphatic carbocycles. The van der Waals surface area contributed by atoms with E-state index >= 15 is 0 Å². The number of benzene rings is 1. The highest BCUT2D eigenvalue weighted by atomic mass is 79.9. The molecule has 1 heterocycles. The van der Waals surface area contributed by atoms with Gasteiger partial charge in [-0.2, -0.15) is 0 Å². The zero-order chi connectivity index (χ0) is 11.7. The summed E-state index contributed by atoms with van der Waals surface area (Å²) in [5.74, 6) is -0.884. The number of fused-ring (bicyclic) bond motifs is 1. The van der Waals surface area contributed by atoms with E-state index in [-0.39, 0.29) is 0 Å². The Morgan fingerprint density at radius 1 is 1.50 bits per heavy atom. The molecular weight excluding hydrogens is 270 g/mol. The average Bonchev–Trinajstić information content (AvgIpc) is 2.35. The Morgan fingerprint density at radius 2 is 2.25 bits per heavy atom. The minimum atomic E-state index is -0.884. The van der Waals surface area contributed by atoms with Gasteiger partial charge in [0.1, 0.15) is 0 Å². The van der Waals surface area contributed by atoms with E-state index in [2.05, 4.69) is 20.9 Å². The minimum absolute atomic E-state index is 0.377. The van der Waals surface area contributed by atoms with Crippen LogP contribution in [0.15, 0.2) is 33.2 Å². The molecule has 82 valence electrons. The average molecular weight is 280 g/mol. The Kier molecular flexibility index (Phi) is 2.92. The fourth-order valence-corrected chi connectivity index (χ4v) is 1.98. The van der Waals surface area contributed by atoms with Crippen LogP contribution in [0.4, 0.5) is 5.69 Å². The Hall–Kier alpha value is -1.42. The highest BCUT2D eigenvalue weighted by molar-refractivity contribution is 9.10. The summed E-state index contributed by atoms with van der Waals surface area (Å²) in [6, 6.07) is 5.63. The summed E-state index contributed by atoms with van der Waals surface area (Å²) in [7, 11) is 0. The van der Waals surface area contributed by atoms with Gasteiger partial charge in [-0.25, -0.2) is 4.79 Å². The van der Waals surface area contributed by atoms with Crippen LogP contribution < -0.4 is 0 Å². The molecule has 0 atom stereocenters. The van der Waals surface area contributed by atoms with Gasteiger partial charge in [-0.15, -0.1) is 0 Å². The van der Waals surface area contributed by atoms with E-state index < -0.39 is 5.97 Å². The van der Waals surface area contributed by atoms with Crippen molar-refractivity contribution in [3.8, 4) is 0 Å². The number of carboxylic acids is 1. The van der Waals surface area contributed by atoms with Crippen LogP contribution >= 0.6 is 15.9 Å². The summed E-state index contributed by atoms with van der Waals surface area (Å²) in [5, 5.41) is 9.03. The van der Waals surface area contributed by atoms with Crippen molar-refractivity contribution in [1.82, 2.24) is 0 Å². The molecule has 0 aromatic heterocycles. The molecule has 0 saturated heterocycles. The number of rotatable bonds is 1. The Morgan fingerprint density at radius 3 is 2.94 bits per heavy atom. The van der Waals surface area contributed by atoms with Gasteiger partial charge < -0.3 is 5.11 Å². The van der Waals surface area contributed by atoms with Crippen molar-refractivity contribution in [3.05, 3.63) is 33.8 Å². The second kappa shape index (κ2) is 4.22. The van der Waals surface area contributed by atoms with Gasteiger partial charge in [0.25, 0.3) is 0 Å². The largest absolute Gasteiger partial charge is 0.478 e. The summed E-state index contributed by atoms with van der Waals surface area (Å²) >= 11 is 3.37. The molecule has 0 fully saturated rings. The van der Waals surface area contributed by atoms with Gasteiger partial charge in [0.2, 0.25) is 0 Å². The van der Waals surface area contributed by atoms with Crippen molar-refractivity contribution >= 4 is 39.4 Å². The first-order chi connectivity index (χ1) is 7.56. The zero-order valence-electron chi connectivity index (χ0n) is 8.70. The number of nitrogens with zero attached hydrogens (tertiary/aromatic N) is 1. The second-order valence-electron chi connectivity index (χ2n) is 3.70. The van der Waals surface area contributed by atoms with Gasteiger partial charge in [-0.1, -0.05) is 22.0 Å². The number of halogens is 1. The standard InChI is InChI=1S/C12H10BrNO2/c1-7-4-9(12(15)16)5-8-2-3-10(13)6-11(8)14-7/h2-3,5-6H,4H2,1H3,(H,15,16). The van der Waals surface area contributed by atoms with Crippen molar-refractivity contribution in [3.63, 3.8) is 0 Å². The van der Waals surface area contributed by atoms with E-state index in [0.717, 1.165) is 21.4 Å². The molecule has 0 saturated carbocycles. The van der Waals surface area contributed by atoms with Crippen molar-refractivity contribution in [2.24, 2.45) is 4.99 Å². The van der Waals surface area contributed by atoms with Crippen LogP contribution in [0.1, 0.15) is 18.9 Å². The van der Waals surface area contributed by atoms with E-state index in [1.54, 1.807) is 6.08 Å². The summed E-state index contributed by atoms with van der Waals surface area (Å²) in [4.78, 5) is 15.4. The number of aliphatic imine (C=N–C) groups is 1. The van der Waals surface area contributed by atoms with Crippen molar-refractivity contribution in [1.29, 1.82) is 0 Å². The molecule has 0 bridgehead atoms. The van der Waals surface area contributed by atoms with Crippen molar-refractivity contribution in [2.75, 3.05) is 0 Å². The van der Waals surface area contributed by atoms with E-state index in [1.807, 2.05) is 25.1 Å². The second-order valence-corrected chi connectivity index (χ2v) is 4.62. The molecular formula is C12H10BrNO2. The molecule has 0 radical (unpaired) electrons. The number of hydrogen-bond acceptors (Lipinski definition) is 2. The SMILES string of the molecule is CC1=Nc2cc(Br)ccc2C=C(C(=O)O)C1. The molecule has 2 rings (SSSR count). The highest BCUT2D eigenvalue weighted by Crippen LogP contribution is 2.29.